The minimum Gasteiger partial charge on any atom is -0.415 e. The SMILES string of the molecule is Cn1nc(OC(F)F)cc1NC(=S)N[C@H]1CCc2sc(NC(=O)[C@H]3C[C@@H]3F)c(S(=O)(=O)N[C@H]3C[C@H](F)C3)c2C1. The van der Waals surface area contributed by atoms with Crippen LogP contribution in [0.3, 0.4) is 0 Å². The molecule has 3 aliphatic carbocycles. The number of carbonyl (C=O) groups excluding carboxylic acids is 1. The molecule has 17 heteroatoms. The summed E-state index contributed by atoms with van der Waals surface area (Å²) in [6, 6.07) is 0.412. The van der Waals surface area contributed by atoms with Crippen LogP contribution in [0.4, 0.5) is 28.4 Å². The second-order valence-electron chi connectivity index (χ2n) is 9.80. The van der Waals surface area contributed by atoms with Gasteiger partial charge in [0.2, 0.25) is 21.8 Å². The van der Waals surface area contributed by atoms with Crippen LogP contribution in [-0.2, 0) is 34.7 Å². The Kier molecular flexibility index (Phi) is 7.78. The van der Waals surface area contributed by atoms with Crippen LogP contribution in [0.1, 0.15) is 36.1 Å². The monoisotopic (exact) mass is 610 g/mol. The number of aromatic nitrogens is 2. The quantitative estimate of drug-likeness (QED) is 0.252. The molecule has 0 aromatic carbocycles. The van der Waals surface area contributed by atoms with E-state index in [1.807, 2.05) is 0 Å². The van der Waals surface area contributed by atoms with Crippen LogP contribution in [0.5, 0.6) is 5.88 Å². The molecule has 0 radical (unpaired) electrons. The van der Waals surface area contributed by atoms with E-state index in [0.29, 0.717) is 24.2 Å². The smallest absolute Gasteiger partial charge is 0.388 e. The molecule has 3 atom stereocenters. The molecule has 0 aliphatic heterocycles. The number of fused-ring (bicyclic) bond motifs is 1. The van der Waals surface area contributed by atoms with Crippen LogP contribution in [-0.4, -0.2) is 60.3 Å². The molecule has 10 nitrogen and oxygen atoms in total. The topological polar surface area (TPSA) is 126 Å². The zero-order valence-electron chi connectivity index (χ0n) is 20.5. The Morgan fingerprint density at radius 2 is 1.95 bits per heavy atom. The van der Waals surface area contributed by atoms with E-state index < -0.39 is 46.8 Å². The molecule has 4 N–H and O–H groups in total. The summed E-state index contributed by atoms with van der Waals surface area (Å²) in [5.74, 6) is -1.36. The number of sulfonamides is 1. The summed E-state index contributed by atoms with van der Waals surface area (Å²) in [6.07, 6.45) is -0.749. The fourth-order valence-electron chi connectivity index (χ4n) is 4.65. The third-order valence-corrected chi connectivity index (χ3v) is 10.0. The van der Waals surface area contributed by atoms with E-state index in [1.165, 1.54) is 17.8 Å². The highest BCUT2D eigenvalue weighted by molar-refractivity contribution is 7.90. The van der Waals surface area contributed by atoms with E-state index in [9.17, 15) is 30.8 Å². The Morgan fingerprint density at radius 3 is 2.59 bits per heavy atom. The maximum atomic E-state index is 13.5. The van der Waals surface area contributed by atoms with E-state index in [4.69, 9.17) is 12.2 Å². The second-order valence-corrected chi connectivity index (χ2v) is 13.0. The third-order valence-electron chi connectivity index (χ3n) is 6.81. The fraction of sp³-hybridized carbons (Fsp3) is 0.591. The molecule has 1 amide bonds. The average Bonchev–Trinajstić information content (AvgIpc) is 3.29. The predicted octanol–water partition coefficient (Wildman–Crippen LogP) is 3.00. The van der Waals surface area contributed by atoms with E-state index in [2.05, 4.69) is 30.5 Å². The lowest BCUT2D eigenvalue weighted by Gasteiger charge is -2.30. The fourth-order valence-corrected chi connectivity index (χ4v) is 8.16. The maximum absolute atomic E-state index is 13.5. The molecule has 3 aliphatic rings. The first kappa shape index (κ1) is 28.0. The number of ether oxygens (including phenoxy) is 1. The first-order valence-corrected chi connectivity index (χ1v) is 14.9. The highest BCUT2D eigenvalue weighted by Gasteiger charge is 2.45. The Labute approximate surface area is 230 Å². The number of hydrogen-bond acceptors (Lipinski definition) is 7. The molecular weight excluding hydrogens is 584 g/mol. The molecule has 0 saturated heterocycles. The first-order valence-electron chi connectivity index (χ1n) is 12.2. The Balaban J connectivity index is 1.32. The number of nitrogens with one attached hydrogen (secondary N) is 4. The average molecular weight is 611 g/mol. The molecule has 2 saturated carbocycles. The molecule has 2 aromatic heterocycles. The Hall–Kier alpha value is -2.50. The highest BCUT2D eigenvalue weighted by atomic mass is 32.2. The van der Waals surface area contributed by atoms with Gasteiger partial charge in [0.1, 0.15) is 28.1 Å². The van der Waals surface area contributed by atoms with Crippen molar-refractivity contribution >= 4 is 55.4 Å². The number of alkyl halides is 4. The van der Waals surface area contributed by atoms with Gasteiger partial charge in [-0.2, -0.15) is 8.78 Å². The summed E-state index contributed by atoms with van der Waals surface area (Å²) >= 11 is 6.51. The van der Waals surface area contributed by atoms with Gasteiger partial charge in [-0.1, -0.05) is 0 Å². The number of amides is 1. The number of carbonyl (C=O) groups is 1. The van der Waals surface area contributed by atoms with Crippen LogP contribution in [0.25, 0.3) is 0 Å². The van der Waals surface area contributed by atoms with Gasteiger partial charge >= 0.3 is 6.61 Å². The predicted molar refractivity (Wildman–Crippen MR) is 139 cm³/mol. The summed E-state index contributed by atoms with van der Waals surface area (Å²) in [5, 5.41) is 12.7. The van der Waals surface area contributed by atoms with Gasteiger partial charge in [0.05, 0.1) is 5.92 Å². The highest BCUT2D eigenvalue weighted by Crippen LogP contribution is 2.43. The van der Waals surface area contributed by atoms with Gasteiger partial charge in [0, 0.05) is 30.1 Å². The van der Waals surface area contributed by atoms with Crippen LogP contribution in [0.15, 0.2) is 11.0 Å². The summed E-state index contributed by atoms with van der Waals surface area (Å²) < 4.78 is 86.7. The minimum atomic E-state index is -4.13. The minimum absolute atomic E-state index is 0.0705. The molecule has 2 fully saturated rings. The summed E-state index contributed by atoms with van der Waals surface area (Å²) in [4.78, 5) is 13.2. The van der Waals surface area contributed by atoms with Gasteiger partial charge in [-0.05, 0) is 56.3 Å². The maximum Gasteiger partial charge on any atom is 0.388 e. The number of aryl methyl sites for hydroxylation is 2. The molecular formula is C22H26F4N6O4S3. The Bertz CT molecular complexity index is 1380. The van der Waals surface area contributed by atoms with E-state index >= 15 is 0 Å². The lowest BCUT2D eigenvalue weighted by molar-refractivity contribution is -0.117. The van der Waals surface area contributed by atoms with Crippen molar-refractivity contribution in [3.05, 3.63) is 16.5 Å². The number of thiocarbonyl (C=S) groups is 1. The molecule has 0 bridgehead atoms. The van der Waals surface area contributed by atoms with Crippen molar-refractivity contribution in [3.8, 4) is 5.88 Å². The van der Waals surface area contributed by atoms with Crippen molar-refractivity contribution in [1.29, 1.82) is 0 Å². The zero-order chi connectivity index (χ0) is 28.1. The lowest BCUT2D eigenvalue weighted by atomic mass is 9.92. The number of nitrogens with zero attached hydrogens (tertiary/aromatic N) is 2. The van der Waals surface area contributed by atoms with Crippen LogP contribution in [0.2, 0.25) is 0 Å². The molecule has 39 heavy (non-hydrogen) atoms. The van der Waals surface area contributed by atoms with E-state index in [1.54, 1.807) is 0 Å². The van der Waals surface area contributed by atoms with Crippen LogP contribution in [0, 0.1) is 5.92 Å². The van der Waals surface area contributed by atoms with Crippen molar-refractivity contribution in [1.82, 2.24) is 19.8 Å². The van der Waals surface area contributed by atoms with E-state index in [0.717, 1.165) is 16.2 Å². The number of halogens is 4. The molecule has 2 aromatic rings. The van der Waals surface area contributed by atoms with Gasteiger partial charge in [0.25, 0.3) is 0 Å². The molecule has 0 spiro atoms. The summed E-state index contributed by atoms with van der Waals surface area (Å²) in [7, 11) is -2.61. The van der Waals surface area contributed by atoms with Gasteiger partial charge < -0.3 is 20.7 Å². The molecule has 5 rings (SSSR count). The standard InChI is InChI=1S/C22H26F4N6O4S3/c1-32-16(8-17(30-32)36-21(25)26)28-22(37)27-10-2-3-15-13(6-10)18(39(34,35)31-11-4-9(23)5-11)20(38-15)29-19(33)12-7-14(12)24/h8-12,14,21,31H,2-7H2,1H3,(H,29,33)(H2,27,28,37)/t9-,10-,11-,12-,14-/m0/s1. The van der Waals surface area contributed by atoms with Crippen LogP contribution >= 0.6 is 23.6 Å². The van der Waals surface area contributed by atoms with Crippen molar-refractivity contribution in [2.45, 2.75) is 74.5 Å². The lowest BCUT2D eigenvalue weighted by Crippen LogP contribution is -2.45. The first-order chi connectivity index (χ1) is 18.4. The number of rotatable bonds is 9. The van der Waals surface area contributed by atoms with Gasteiger partial charge in [-0.15, -0.1) is 16.4 Å². The Morgan fingerprint density at radius 1 is 1.23 bits per heavy atom. The number of hydrogen-bond donors (Lipinski definition) is 4. The zero-order valence-corrected chi connectivity index (χ0v) is 23.0. The van der Waals surface area contributed by atoms with Crippen molar-refractivity contribution < 1.29 is 35.5 Å². The number of thiophene rings is 1. The molecule has 2 heterocycles. The molecule has 0 unspecified atom stereocenters. The van der Waals surface area contributed by atoms with Gasteiger partial charge in [0.15, 0.2) is 5.11 Å². The largest absolute Gasteiger partial charge is 0.415 e. The van der Waals surface area contributed by atoms with Crippen molar-refractivity contribution in [2.75, 3.05) is 10.6 Å². The number of anilines is 2. The van der Waals surface area contributed by atoms with Crippen molar-refractivity contribution in [2.24, 2.45) is 13.0 Å². The van der Waals surface area contributed by atoms with Gasteiger partial charge in [-0.3, -0.25) is 4.79 Å². The summed E-state index contributed by atoms with van der Waals surface area (Å²) in [5.41, 5.74) is 0.506. The van der Waals surface area contributed by atoms with E-state index in [-0.39, 0.29) is 52.6 Å². The van der Waals surface area contributed by atoms with Crippen molar-refractivity contribution in [3.63, 3.8) is 0 Å². The van der Waals surface area contributed by atoms with Gasteiger partial charge in [-0.25, -0.2) is 26.6 Å². The normalized spacial score (nSPS) is 25.9. The second kappa shape index (κ2) is 10.8. The third kappa shape index (κ3) is 6.30. The molecule has 214 valence electrons. The summed E-state index contributed by atoms with van der Waals surface area (Å²) in [6.45, 7) is -3.03. The van der Waals surface area contributed by atoms with Crippen LogP contribution < -0.4 is 25.4 Å².